The van der Waals surface area contributed by atoms with Crippen molar-refractivity contribution in [3.05, 3.63) is 249 Å². The third kappa shape index (κ3) is 6.62. The summed E-state index contributed by atoms with van der Waals surface area (Å²) in [6, 6.07) is 88.7. The van der Waals surface area contributed by atoms with Crippen molar-refractivity contribution in [3.63, 3.8) is 0 Å². The van der Waals surface area contributed by atoms with Gasteiger partial charge in [0.2, 0.25) is 0 Å². The molecule has 7 heteroatoms. The zero-order valence-electron chi connectivity index (χ0n) is 40.7. The first-order chi connectivity index (χ1) is 37.7. The summed E-state index contributed by atoms with van der Waals surface area (Å²) in [6.07, 6.45) is 0. The zero-order chi connectivity index (χ0) is 49.8. The highest BCUT2D eigenvalue weighted by Gasteiger charge is 2.22. The lowest BCUT2D eigenvalue weighted by atomic mass is 9.98. The molecule has 0 aliphatic carbocycles. The maximum absolute atomic E-state index is 6.52. The molecule has 0 aliphatic rings. The van der Waals surface area contributed by atoms with Gasteiger partial charge in [-0.15, -0.1) is 11.3 Å². The van der Waals surface area contributed by atoms with Crippen molar-refractivity contribution in [2.24, 2.45) is 0 Å². The minimum atomic E-state index is 0.647. The van der Waals surface area contributed by atoms with Gasteiger partial charge in [-0.25, -0.2) is 15.0 Å². The maximum Gasteiger partial charge on any atom is 0.165 e. The summed E-state index contributed by atoms with van der Waals surface area (Å²) < 4.78 is 13.7. The minimum absolute atomic E-state index is 0.647. The van der Waals surface area contributed by atoms with Gasteiger partial charge >= 0.3 is 0 Å². The summed E-state index contributed by atoms with van der Waals surface area (Å²) in [6.45, 7) is 0. The SMILES string of the molecule is c1ccc(-c2nc(-c3ccccc3)nc(-c3cccc4c3sc3c(-n5c6ccccc6c6cc(-c7ccc8oc9ccc(-c%10ccc%11c(c%10)c%10ccccc%10n%11-c%10ccccc%10)cc9c8c7)ccc65)cccc34)n2)cc1. The highest BCUT2D eigenvalue weighted by molar-refractivity contribution is 7.26. The molecule has 0 fully saturated rings. The summed E-state index contributed by atoms with van der Waals surface area (Å²) in [5, 5.41) is 9.43. The van der Waals surface area contributed by atoms with Gasteiger partial charge in [0, 0.05) is 70.2 Å². The molecule has 0 aliphatic heterocycles. The van der Waals surface area contributed by atoms with Gasteiger partial charge < -0.3 is 13.6 Å². The number of rotatable bonds is 7. The van der Waals surface area contributed by atoms with Crippen LogP contribution in [-0.2, 0) is 0 Å². The van der Waals surface area contributed by atoms with Crippen molar-refractivity contribution in [2.45, 2.75) is 0 Å². The Kier molecular flexibility index (Phi) is 9.40. The average molecular weight is 988 g/mol. The number of thiophene rings is 1. The Bertz CT molecular complexity index is 4930. The second-order valence-corrected chi connectivity index (χ2v) is 20.5. The van der Waals surface area contributed by atoms with Gasteiger partial charge in [-0.05, 0) is 107 Å². The van der Waals surface area contributed by atoms with Crippen LogP contribution < -0.4 is 0 Å². The van der Waals surface area contributed by atoms with Gasteiger partial charge in [-0.3, -0.25) is 0 Å². The molecule has 354 valence electrons. The lowest BCUT2D eigenvalue weighted by Gasteiger charge is -2.10. The molecule has 0 saturated heterocycles. The Morgan fingerprint density at radius 2 is 0.724 bits per heavy atom. The third-order valence-corrected chi connectivity index (χ3v) is 16.5. The van der Waals surface area contributed by atoms with Crippen molar-refractivity contribution in [1.29, 1.82) is 0 Å². The number of aromatic nitrogens is 5. The van der Waals surface area contributed by atoms with Crippen LogP contribution in [0.2, 0.25) is 0 Å². The lowest BCUT2D eigenvalue weighted by Crippen LogP contribution is -2.00. The molecule has 5 aromatic heterocycles. The fourth-order valence-corrected chi connectivity index (χ4v) is 13.0. The standard InChI is InChI=1S/C69H41N5OS/c1-4-16-42(17-5-1)67-70-68(43-18-6-2-7-19-43)72-69(71-67)53-26-14-24-51-52-25-15-29-62(66(52)76-65(51)53)74-59-28-13-11-23-50(59)55-39-45(31-35-61(55)74)47-33-37-64-57(41-47)56-40-46(32-36-63(56)75-64)44-30-34-60-54(38-44)49-22-10-12-27-58(49)73(60)48-20-8-3-9-21-48/h1-41H. The summed E-state index contributed by atoms with van der Waals surface area (Å²) in [7, 11) is 0. The molecule has 0 N–H and O–H groups in total. The van der Waals surface area contributed by atoms with Crippen LogP contribution in [0.25, 0.3) is 154 Å². The van der Waals surface area contributed by atoms with E-state index >= 15 is 0 Å². The molecule has 0 radical (unpaired) electrons. The molecule has 0 amide bonds. The lowest BCUT2D eigenvalue weighted by molar-refractivity contribution is 0.669. The number of hydrogen-bond donors (Lipinski definition) is 0. The molecule has 0 atom stereocenters. The highest BCUT2D eigenvalue weighted by Crippen LogP contribution is 2.45. The predicted molar refractivity (Wildman–Crippen MR) is 316 cm³/mol. The maximum atomic E-state index is 6.52. The molecule has 6 nitrogen and oxygen atoms in total. The van der Waals surface area contributed by atoms with E-state index in [0.29, 0.717) is 17.5 Å². The van der Waals surface area contributed by atoms with E-state index in [4.69, 9.17) is 19.4 Å². The Balaban J connectivity index is 0.805. The number of hydrogen-bond acceptors (Lipinski definition) is 5. The number of fused-ring (bicyclic) bond motifs is 12. The van der Waals surface area contributed by atoms with Crippen molar-refractivity contribution < 1.29 is 4.42 Å². The third-order valence-electron chi connectivity index (χ3n) is 15.2. The largest absolute Gasteiger partial charge is 0.456 e. The molecule has 76 heavy (non-hydrogen) atoms. The van der Waals surface area contributed by atoms with E-state index in [1.54, 1.807) is 11.3 Å². The van der Waals surface area contributed by atoms with E-state index in [1.807, 2.05) is 36.4 Å². The van der Waals surface area contributed by atoms with Crippen LogP contribution in [0.3, 0.4) is 0 Å². The van der Waals surface area contributed by atoms with Crippen molar-refractivity contribution in [2.75, 3.05) is 0 Å². The molecule has 0 unspecified atom stereocenters. The summed E-state index contributed by atoms with van der Waals surface area (Å²) in [4.78, 5) is 15.3. The highest BCUT2D eigenvalue weighted by atomic mass is 32.1. The van der Waals surface area contributed by atoms with E-state index in [2.05, 4.69) is 221 Å². The van der Waals surface area contributed by atoms with Crippen LogP contribution in [0, 0.1) is 0 Å². The van der Waals surface area contributed by atoms with Crippen LogP contribution in [-0.4, -0.2) is 24.1 Å². The van der Waals surface area contributed by atoms with Crippen molar-refractivity contribution in [3.8, 4) is 67.8 Å². The van der Waals surface area contributed by atoms with Crippen LogP contribution in [0.15, 0.2) is 253 Å². The molecular formula is C69H41N5OS. The summed E-state index contributed by atoms with van der Waals surface area (Å²) >= 11 is 1.80. The Morgan fingerprint density at radius 1 is 0.289 bits per heavy atom. The van der Waals surface area contributed by atoms with Gasteiger partial charge in [0.1, 0.15) is 11.2 Å². The molecule has 11 aromatic carbocycles. The van der Waals surface area contributed by atoms with Gasteiger partial charge in [0.15, 0.2) is 17.5 Å². The smallest absolute Gasteiger partial charge is 0.165 e. The van der Waals surface area contributed by atoms with Crippen LogP contribution in [0.4, 0.5) is 0 Å². The molecule has 16 aromatic rings. The van der Waals surface area contributed by atoms with Crippen LogP contribution >= 0.6 is 11.3 Å². The molecule has 16 rings (SSSR count). The normalized spacial score (nSPS) is 11.9. The average Bonchev–Trinajstić information content (AvgIpc) is 4.29. The van der Waals surface area contributed by atoms with Crippen molar-refractivity contribution in [1.82, 2.24) is 24.1 Å². The van der Waals surface area contributed by atoms with E-state index in [1.165, 1.54) is 53.6 Å². The van der Waals surface area contributed by atoms with Gasteiger partial charge in [0.05, 0.1) is 32.5 Å². The second kappa shape index (κ2) is 16.8. The van der Waals surface area contributed by atoms with E-state index in [0.717, 1.165) is 82.4 Å². The number of para-hydroxylation sites is 3. The second-order valence-electron chi connectivity index (χ2n) is 19.5. The van der Waals surface area contributed by atoms with Gasteiger partial charge in [-0.1, -0.05) is 164 Å². The fraction of sp³-hybridized carbons (Fsp3) is 0. The topological polar surface area (TPSA) is 61.7 Å². The van der Waals surface area contributed by atoms with Gasteiger partial charge in [-0.2, -0.15) is 0 Å². The number of benzene rings is 11. The minimum Gasteiger partial charge on any atom is -0.456 e. The first-order valence-electron chi connectivity index (χ1n) is 25.6. The Labute approximate surface area is 439 Å². The van der Waals surface area contributed by atoms with E-state index in [9.17, 15) is 0 Å². The molecular weight excluding hydrogens is 947 g/mol. The molecule has 0 bridgehead atoms. The fourth-order valence-electron chi connectivity index (χ4n) is 11.6. The first-order valence-corrected chi connectivity index (χ1v) is 26.4. The number of furan rings is 1. The molecule has 0 spiro atoms. The van der Waals surface area contributed by atoms with Gasteiger partial charge in [0.25, 0.3) is 0 Å². The first kappa shape index (κ1) is 42.5. The monoisotopic (exact) mass is 987 g/mol. The zero-order valence-corrected chi connectivity index (χ0v) is 41.5. The predicted octanol–water partition coefficient (Wildman–Crippen LogP) is 18.7. The van der Waals surface area contributed by atoms with Crippen LogP contribution in [0.1, 0.15) is 0 Å². The summed E-state index contributed by atoms with van der Waals surface area (Å²) in [5.41, 5.74) is 16.2. The van der Waals surface area contributed by atoms with Crippen molar-refractivity contribution >= 4 is 97.1 Å². The number of nitrogens with zero attached hydrogens (tertiary/aromatic N) is 5. The Morgan fingerprint density at radius 3 is 1.32 bits per heavy atom. The summed E-state index contributed by atoms with van der Waals surface area (Å²) in [5.74, 6) is 1.95. The van der Waals surface area contributed by atoms with E-state index < -0.39 is 0 Å². The van der Waals surface area contributed by atoms with Crippen LogP contribution in [0.5, 0.6) is 0 Å². The molecule has 5 heterocycles. The molecule has 0 saturated carbocycles. The van der Waals surface area contributed by atoms with E-state index in [-0.39, 0.29) is 0 Å². The Hall–Kier alpha value is -9.95. The quantitative estimate of drug-likeness (QED) is 0.160.